The van der Waals surface area contributed by atoms with Crippen LogP contribution in [0, 0.1) is 0 Å². The van der Waals surface area contributed by atoms with Crippen LogP contribution in [0.2, 0.25) is 0 Å². The lowest BCUT2D eigenvalue weighted by Gasteiger charge is -2.35. The first kappa shape index (κ1) is 84.7. The smallest absolute Gasteiger partial charge is 0.0726 e. The van der Waals surface area contributed by atoms with Crippen LogP contribution in [-0.2, 0) is 21.7 Å². The van der Waals surface area contributed by atoms with Gasteiger partial charge in [-0.05, 0) is 355 Å². The summed E-state index contributed by atoms with van der Waals surface area (Å²) in [6.45, 7) is 9.67. The van der Waals surface area contributed by atoms with Crippen LogP contribution < -0.4 is 9.80 Å². The Morgan fingerprint density at radius 1 is 0.133 bits per heavy atom. The molecule has 0 atom stereocenters. The van der Waals surface area contributed by atoms with Gasteiger partial charge in [0.15, 0.2) is 0 Å². The van der Waals surface area contributed by atoms with Crippen molar-refractivity contribution < 1.29 is 0 Å². The Balaban J connectivity index is 0.544. The molecule has 150 heavy (non-hydrogen) atoms. The van der Waals surface area contributed by atoms with Crippen molar-refractivity contribution in [2.24, 2.45) is 0 Å². The maximum atomic E-state index is 2.67. The Morgan fingerprint density at radius 2 is 0.407 bits per heavy atom. The van der Waals surface area contributed by atoms with Crippen LogP contribution in [0.15, 0.2) is 510 Å². The summed E-state index contributed by atoms with van der Waals surface area (Å²) in [5, 5.41) is 19.6. The van der Waals surface area contributed by atoms with Crippen LogP contribution in [0.5, 0.6) is 0 Å². The van der Waals surface area contributed by atoms with E-state index in [0.29, 0.717) is 0 Å². The Morgan fingerprint density at radius 3 is 0.867 bits per heavy atom. The van der Waals surface area contributed by atoms with E-state index in [4.69, 9.17) is 0 Å². The zero-order valence-corrected chi connectivity index (χ0v) is 83.4. The number of hydrogen-bond acceptors (Lipinski definition) is 2. The van der Waals surface area contributed by atoms with Crippen LogP contribution in [0.25, 0.3) is 209 Å². The van der Waals surface area contributed by atoms with Gasteiger partial charge in [0, 0.05) is 39.0 Å². The van der Waals surface area contributed by atoms with Crippen LogP contribution in [0.1, 0.15) is 94.5 Å². The summed E-state index contributed by atoms with van der Waals surface area (Å²) in [7, 11) is 0. The highest BCUT2D eigenvalue weighted by atomic mass is 15.2. The topological polar surface area (TPSA) is 6.48 Å². The maximum Gasteiger partial charge on any atom is 0.0726 e. The molecule has 0 N–H and O–H groups in total. The molecule has 32 rings (SSSR count). The zero-order chi connectivity index (χ0) is 98.9. The van der Waals surface area contributed by atoms with Crippen LogP contribution in [-0.4, -0.2) is 0 Å². The molecule has 2 heteroatoms. The van der Waals surface area contributed by atoms with Gasteiger partial charge in [-0.15, -0.1) is 0 Å². The van der Waals surface area contributed by atoms with Gasteiger partial charge in [0.05, 0.1) is 27.9 Å². The first-order valence-corrected chi connectivity index (χ1v) is 52.9. The quantitative estimate of drug-likeness (QED) is 0.119. The molecule has 6 aliphatic rings. The van der Waals surface area contributed by atoms with Crippen molar-refractivity contribution in [3.05, 3.63) is 576 Å². The molecule has 0 amide bonds. The summed E-state index contributed by atoms with van der Waals surface area (Å²) in [5.74, 6) is 0. The zero-order valence-electron chi connectivity index (χ0n) is 83.4. The van der Waals surface area contributed by atoms with Crippen molar-refractivity contribution in [1.82, 2.24) is 0 Å². The molecule has 0 aliphatic heterocycles. The fraction of sp³-hybridized carbons (Fsp3) is 0.0541. The van der Waals surface area contributed by atoms with Gasteiger partial charge in [-0.3, -0.25) is 0 Å². The van der Waals surface area contributed by atoms with Crippen molar-refractivity contribution in [2.45, 2.75) is 49.4 Å². The highest BCUT2D eigenvalue weighted by molar-refractivity contribution is 6.28. The molecule has 0 saturated heterocycles. The number of hydrogen-bond donors (Lipinski definition) is 0. The Labute approximate surface area is 871 Å². The second-order valence-electron chi connectivity index (χ2n) is 43.4. The van der Waals surface area contributed by atoms with Crippen molar-refractivity contribution in [1.29, 1.82) is 0 Å². The molecule has 0 fully saturated rings. The minimum Gasteiger partial charge on any atom is -0.310 e. The van der Waals surface area contributed by atoms with Gasteiger partial charge in [0.2, 0.25) is 0 Å². The molecule has 26 aromatic rings. The van der Waals surface area contributed by atoms with Crippen LogP contribution in [0.4, 0.5) is 34.1 Å². The third-order valence-corrected chi connectivity index (χ3v) is 35.4. The first-order valence-electron chi connectivity index (χ1n) is 52.9. The minimum atomic E-state index is -0.607. The molecule has 26 aromatic carbocycles. The van der Waals surface area contributed by atoms with Crippen molar-refractivity contribution in [3.8, 4) is 122 Å². The lowest BCUT2D eigenvalue weighted by Crippen LogP contribution is -2.26. The van der Waals surface area contributed by atoms with E-state index in [0.717, 1.165) is 67.5 Å². The highest BCUT2D eigenvalue weighted by Gasteiger charge is 2.55. The normalized spacial score (nSPS) is 14.1. The molecule has 0 aromatic heterocycles. The van der Waals surface area contributed by atoms with Gasteiger partial charge in [-0.1, -0.05) is 446 Å². The fourth-order valence-corrected chi connectivity index (χ4v) is 28.7. The van der Waals surface area contributed by atoms with Gasteiger partial charge in [0.25, 0.3) is 0 Å². The lowest BCUT2D eigenvalue weighted by atomic mass is 9.70. The second-order valence-corrected chi connectivity index (χ2v) is 43.4. The summed E-state index contributed by atoms with van der Waals surface area (Å²) in [6, 6.07) is 196. The Bertz CT molecular complexity index is 10300. The molecule has 2 nitrogen and oxygen atoms in total. The van der Waals surface area contributed by atoms with Crippen molar-refractivity contribution in [3.63, 3.8) is 0 Å². The van der Waals surface area contributed by atoms with Gasteiger partial charge < -0.3 is 9.80 Å². The van der Waals surface area contributed by atoms with Crippen LogP contribution >= 0.6 is 0 Å². The van der Waals surface area contributed by atoms with E-state index in [9.17, 15) is 0 Å². The predicted molar refractivity (Wildman–Crippen MR) is 631 cm³/mol. The van der Waals surface area contributed by atoms with Crippen molar-refractivity contribution >= 4 is 120 Å². The van der Waals surface area contributed by atoms with Gasteiger partial charge in [-0.2, -0.15) is 0 Å². The van der Waals surface area contributed by atoms with E-state index >= 15 is 0 Å². The fourth-order valence-electron chi connectivity index (χ4n) is 28.7. The average Bonchev–Trinajstić information content (AvgIpc) is 1.50. The summed E-state index contributed by atoms with van der Waals surface area (Å²) in [6.07, 6.45) is 0. The lowest BCUT2D eigenvalue weighted by molar-refractivity contribution is 0.660. The molecule has 0 saturated carbocycles. The van der Waals surface area contributed by atoms with E-state index in [1.54, 1.807) is 0 Å². The molecular weight excluding hydrogens is 1810 g/mol. The highest BCUT2D eigenvalue weighted by Crippen LogP contribution is 2.69. The van der Waals surface area contributed by atoms with E-state index in [1.807, 2.05) is 0 Å². The minimum absolute atomic E-state index is 0.204. The van der Waals surface area contributed by atoms with E-state index in [-0.39, 0.29) is 10.8 Å². The predicted octanol–water partition coefficient (Wildman–Crippen LogP) is 39.5. The third kappa shape index (κ3) is 11.7. The Hall–Kier alpha value is -18.6. The summed E-state index contributed by atoms with van der Waals surface area (Å²) in [5.41, 5.74) is 47.6. The van der Waals surface area contributed by atoms with E-state index in [2.05, 4.69) is 547 Å². The monoisotopic (exact) mass is 1900 g/mol. The average molecular weight is 1900 g/mol. The molecule has 6 aliphatic carbocycles. The van der Waals surface area contributed by atoms with Crippen molar-refractivity contribution in [2.75, 3.05) is 9.80 Å². The Kier molecular flexibility index (Phi) is 17.8. The summed E-state index contributed by atoms with van der Waals surface area (Å²) < 4.78 is 0. The van der Waals surface area contributed by atoms with Gasteiger partial charge in [0.1, 0.15) is 0 Å². The SMILES string of the molecule is CC1(C)c2ccccc2-c2cc(N(c3ccc4c5cc(-c6ccc7cc(-c8ccc(-c9cc%10c(cc9N(c9ccc%11c%12ccccc%12c%12ccccc%12c%11c9)c9cccc%11c9C(C)(C)c9ccccc9-%11)C9(c%11ccccc%11-c%11ccccc%119)c9ccccc9-%10)cc8)ccc7c6)ccc5c5ccccc5c4c3)c3cc4c(cc3-c3ccc(-c5ccc6ccccc6c5)cc3)-c3ccccc3C43c4ccccc4-c4ccccc43)ccc21. The molecule has 0 bridgehead atoms. The molecule has 0 heterocycles. The second kappa shape index (κ2) is 31.5. The molecule has 2 spiro atoms. The number of benzene rings is 26. The number of rotatable bonds is 11. The molecule has 698 valence electrons. The molecular formula is C148H96N2. The summed E-state index contributed by atoms with van der Waals surface area (Å²) >= 11 is 0. The number of fused-ring (bicyclic) bond motifs is 40. The first-order chi connectivity index (χ1) is 73.9. The number of nitrogens with zero attached hydrogens (tertiary/aromatic N) is 2. The van der Waals surface area contributed by atoms with E-state index in [1.165, 1.54) is 242 Å². The van der Waals surface area contributed by atoms with Gasteiger partial charge >= 0.3 is 0 Å². The van der Waals surface area contributed by atoms with E-state index < -0.39 is 10.8 Å². The third-order valence-electron chi connectivity index (χ3n) is 35.4. The summed E-state index contributed by atoms with van der Waals surface area (Å²) in [4.78, 5) is 5.29. The standard InChI is InChI=1S/C148H96N2/c1-145(2)130-47-21-14-43-118(130)127-84-102(73-77-132(127)145)149(142-87-139-128(85-122(142)92-61-56-90(57-62-92)95-65-60-89-30-5-6-31-94(89)78-95)119-44-19-27-53-137(119)147(139)133-49-23-15-38-113(133)114-39-16-24-50-134(114)147)101-71-76-112-124-81-100(70-74-110(124)107-35-10-12-37-109(107)126(112)82-101)99-69-68-97-79-96(66-67-98(97)80-99)91-58-63-93(64-59-91)123-86-129-120-45-20-28-54-138(120)148(135-51-25-17-40-115(135)116-41-18-26-52-136(116)148)140(129)88-143(123)150(141-55-29-46-121-117-42-13-22-48-131(117)146(3,4)144(121)141)103-72-75-111-106-34-8-7-32-104(106)105-33-9-11-36-108(105)125(111)83-103/h5-88H,1-4H3. The maximum absolute atomic E-state index is 2.67. The largest absolute Gasteiger partial charge is 0.310 e. The molecule has 0 unspecified atom stereocenters. The number of anilines is 6. The van der Waals surface area contributed by atoms with Crippen LogP contribution in [0.3, 0.4) is 0 Å². The molecule has 0 radical (unpaired) electrons. The van der Waals surface area contributed by atoms with Gasteiger partial charge in [-0.25, -0.2) is 0 Å².